The Morgan fingerprint density at radius 1 is 1.33 bits per heavy atom. The summed E-state index contributed by atoms with van der Waals surface area (Å²) in [5.41, 5.74) is -0.256. The minimum absolute atomic E-state index is 0.156. The Bertz CT molecular complexity index is 388. The van der Waals surface area contributed by atoms with Gasteiger partial charge in [0.05, 0.1) is 0 Å². The second-order valence-corrected chi connectivity index (χ2v) is 3.68. The van der Waals surface area contributed by atoms with Gasteiger partial charge in [0.15, 0.2) is 0 Å². The van der Waals surface area contributed by atoms with Crippen molar-refractivity contribution in [1.82, 2.24) is 5.32 Å². The van der Waals surface area contributed by atoms with Gasteiger partial charge in [-0.1, -0.05) is 6.07 Å². The zero-order valence-electron chi connectivity index (χ0n) is 8.90. The van der Waals surface area contributed by atoms with Gasteiger partial charge in [-0.3, -0.25) is 4.79 Å². The van der Waals surface area contributed by atoms with Crippen molar-refractivity contribution in [2.45, 2.75) is 26.8 Å². The maximum absolute atomic E-state index is 13.5. The van der Waals surface area contributed by atoms with Crippen LogP contribution in [-0.4, -0.2) is 11.9 Å². The van der Waals surface area contributed by atoms with Gasteiger partial charge in [0, 0.05) is 6.04 Å². The SMILES string of the molecule is Cc1ccc(F)c(C(=O)NC(C)C)c1F. The molecule has 0 atom stereocenters. The Kier molecular flexibility index (Phi) is 3.39. The van der Waals surface area contributed by atoms with Gasteiger partial charge in [0.25, 0.3) is 5.91 Å². The molecule has 2 nitrogen and oxygen atoms in total. The van der Waals surface area contributed by atoms with E-state index in [0.717, 1.165) is 6.07 Å². The average molecular weight is 213 g/mol. The normalized spacial score (nSPS) is 10.5. The minimum atomic E-state index is -0.837. The summed E-state index contributed by atoms with van der Waals surface area (Å²) in [5, 5.41) is 2.45. The average Bonchev–Trinajstić information content (AvgIpc) is 2.11. The van der Waals surface area contributed by atoms with Crippen LogP contribution in [0, 0.1) is 18.6 Å². The first-order valence-corrected chi connectivity index (χ1v) is 4.69. The molecule has 0 heterocycles. The highest BCUT2D eigenvalue weighted by atomic mass is 19.1. The van der Waals surface area contributed by atoms with Crippen LogP contribution in [0.5, 0.6) is 0 Å². The Morgan fingerprint density at radius 3 is 2.47 bits per heavy atom. The van der Waals surface area contributed by atoms with Gasteiger partial charge in [-0.15, -0.1) is 0 Å². The second kappa shape index (κ2) is 4.38. The van der Waals surface area contributed by atoms with Crippen LogP contribution in [0.25, 0.3) is 0 Å². The zero-order valence-corrected chi connectivity index (χ0v) is 8.90. The summed E-state index contributed by atoms with van der Waals surface area (Å²) < 4.78 is 26.7. The molecule has 1 N–H and O–H groups in total. The Morgan fingerprint density at radius 2 is 1.93 bits per heavy atom. The molecular formula is C11H13F2NO. The predicted molar refractivity (Wildman–Crippen MR) is 53.7 cm³/mol. The van der Waals surface area contributed by atoms with Crippen molar-refractivity contribution in [3.8, 4) is 0 Å². The topological polar surface area (TPSA) is 29.1 Å². The van der Waals surface area contributed by atoms with Gasteiger partial charge in [-0.2, -0.15) is 0 Å². The molecule has 0 aromatic heterocycles. The monoisotopic (exact) mass is 213 g/mol. The van der Waals surface area contributed by atoms with E-state index in [1.165, 1.54) is 13.0 Å². The van der Waals surface area contributed by atoms with Crippen LogP contribution in [-0.2, 0) is 0 Å². The summed E-state index contributed by atoms with van der Waals surface area (Å²) in [5.74, 6) is -2.35. The van der Waals surface area contributed by atoms with Crippen LogP contribution < -0.4 is 5.32 Å². The van der Waals surface area contributed by atoms with E-state index in [2.05, 4.69) is 5.32 Å². The fourth-order valence-corrected chi connectivity index (χ4v) is 1.20. The Labute approximate surface area is 87.3 Å². The van der Waals surface area contributed by atoms with Crippen LogP contribution >= 0.6 is 0 Å². The van der Waals surface area contributed by atoms with Gasteiger partial charge < -0.3 is 5.32 Å². The third-order valence-electron chi connectivity index (χ3n) is 1.93. The van der Waals surface area contributed by atoms with Crippen LogP contribution in [0.3, 0.4) is 0 Å². The first-order chi connectivity index (χ1) is 6.93. The van der Waals surface area contributed by atoms with E-state index in [0.29, 0.717) is 0 Å². The number of aryl methyl sites for hydroxylation is 1. The number of nitrogens with one attached hydrogen (secondary N) is 1. The molecule has 0 aliphatic carbocycles. The highest BCUT2D eigenvalue weighted by Gasteiger charge is 2.19. The number of halogens is 2. The summed E-state index contributed by atoms with van der Waals surface area (Å²) >= 11 is 0. The van der Waals surface area contributed by atoms with Gasteiger partial charge in [-0.25, -0.2) is 8.78 Å². The van der Waals surface area contributed by atoms with Gasteiger partial charge in [-0.05, 0) is 32.4 Å². The van der Waals surface area contributed by atoms with Crippen molar-refractivity contribution in [2.75, 3.05) is 0 Å². The molecule has 15 heavy (non-hydrogen) atoms. The molecule has 1 aromatic carbocycles. The standard InChI is InChI=1S/C11H13F2NO/c1-6(2)14-11(15)9-8(12)5-4-7(3)10(9)13/h4-6H,1-3H3,(H,14,15). The Hall–Kier alpha value is -1.45. The molecule has 0 saturated heterocycles. The summed E-state index contributed by atoms with van der Waals surface area (Å²) in [6.07, 6.45) is 0. The number of hydrogen-bond donors (Lipinski definition) is 1. The summed E-state index contributed by atoms with van der Waals surface area (Å²) in [6, 6.07) is 2.24. The molecule has 1 aromatic rings. The molecule has 1 rings (SSSR count). The molecule has 0 unspecified atom stereocenters. The van der Waals surface area contributed by atoms with Crippen LogP contribution in [0.2, 0.25) is 0 Å². The third kappa shape index (κ3) is 2.52. The summed E-state index contributed by atoms with van der Waals surface area (Å²) in [7, 11) is 0. The number of rotatable bonds is 2. The molecule has 82 valence electrons. The number of carbonyl (C=O) groups excluding carboxylic acids is 1. The van der Waals surface area contributed by atoms with Crippen molar-refractivity contribution >= 4 is 5.91 Å². The molecule has 0 radical (unpaired) electrons. The van der Waals surface area contributed by atoms with Gasteiger partial charge >= 0.3 is 0 Å². The number of amides is 1. The van der Waals surface area contributed by atoms with Crippen molar-refractivity contribution in [3.05, 3.63) is 34.9 Å². The van der Waals surface area contributed by atoms with E-state index in [1.54, 1.807) is 13.8 Å². The fraction of sp³-hybridized carbons (Fsp3) is 0.364. The maximum atomic E-state index is 13.5. The Balaban J connectivity index is 3.13. The molecule has 1 amide bonds. The first kappa shape index (κ1) is 11.6. The summed E-state index contributed by atoms with van der Waals surface area (Å²) in [6.45, 7) is 4.94. The molecule has 4 heteroatoms. The lowest BCUT2D eigenvalue weighted by molar-refractivity contribution is 0.0934. The first-order valence-electron chi connectivity index (χ1n) is 4.69. The van der Waals surface area contributed by atoms with Gasteiger partial charge in [0.2, 0.25) is 0 Å². The quantitative estimate of drug-likeness (QED) is 0.803. The number of carbonyl (C=O) groups is 1. The van der Waals surface area contributed by atoms with Crippen LogP contribution in [0.1, 0.15) is 29.8 Å². The molecule has 0 aliphatic rings. The van der Waals surface area contributed by atoms with E-state index in [-0.39, 0.29) is 11.6 Å². The molecule has 0 aliphatic heterocycles. The third-order valence-corrected chi connectivity index (χ3v) is 1.93. The highest BCUT2D eigenvalue weighted by Crippen LogP contribution is 2.16. The molecule has 0 spiro atoms. The molecule has 0 saturated carbocycles. The largest absolute Gasteiger partial charge is 0.350 e. The van der Waals surface area contributed by atoms with Crippen molar-refractivity contribution < 1.29 is 13.6 Å². The van der Waals surface area contributed by atoms with E-state index in [9.17, 15) is 13.6 Å². The van der Waals surface area contributed by atoms with Crippen molar-refractivity contribution in [3.63, 3.8) is 0 Å². The van der Waals surface area contributed by atoms with E-state index in [4.69, 9.17) is 0 Å². The van der Waals surface area contributed by atoms with Crippen LogP contribution in [0.4, 0.5) is 8.78 Å². The van der Waals surface area contributed by atoms with Gasteiger partial charge in [0.1, 0.15) is 17.2 Å². The van der Waals surface area contributed by atoms with Crippen molar-refractivity contribution in [1.29, 1.82) is 0 Å². The fourth-order valence-electron chi connectivity index (χ4n) is 1.20. The zero-order chi connectivity index (χ0) is 11.6. The molecule has 0 bridgehead atoms. The number of benzene rings is 1. The van der Waals surface area contributed by atoms with E-state index < -0.39 is 23.1 Å². The lowest BCUT2D eigenvalue weighted by atomic mass is 10.1. The lowest BCUT2D eigenvalue weighted by Crippen LogP contribution is -2.31. The van der Waals surface area contributed by atoms with E-state index >= 15 is 0 Å². The predicted octanol–water partition coefficient (Wildman–Crippen LogP) is 2.41. The second-order valence-electron chi connectivity index (χ2n) is 3.68. The summed E-state index contributed by atoms with van der Waals surface area (Å²) in [4.78, 5) is 11.5. The highest BCUT2D eigenvalue weighted by molar-refractivity contribution is 5.95. The maximum Gasteiger partial charge on any atom is 0.257 e. The lowest BCUT2D eigenvalue weighted by Gasteiger charge is -2.10. The van der Waals surface area contributed by atoms with E-state index in [1.807, 2.05) is 0 Å². The molecular weight excluding hydrogens is 200 g/mol. The smallest absolute Gasteiger partial charge is 0.257 e. The minimum Gasteiger partial charge on any atom is -0.350 e. The van der Waals surface area contributed by atoms with Crippen molar-refractivity contribution in [2.24, 2.45) is 0 Å². The number of hydrogen-bond acceptors (Lipinski definition) is 1. The van der Waals surface area contributed by atoms with Crippen LogP contribution in [0.15, 0.2) is 12.1 Å². The molecule has 0 fully saturated rings.